The van der Waals surface area contributed by atoms with Gasteiger partial charge in [0.1, 0.15) is 17.7 Å². The van der Waals surface area contributed by atoms with Gasteiger partial charge in [0.2, 0.25) is 11.8 Å². The Hall–Kier alpha value is -2.35. The molecule has 8 heteroatoms. The Balaban J connectivity index is 1.56. The van der Waals surface area contributed by atoms with Crippen LogP contribution in [0.2, 0.25) is 0 Å². The number of hydrogen-bond donors (Lipinski definition) is 2. The third-order valence-corrected chi connectivity index (χ3v) is 6.84. The number of carbonyl (C=O) groups is 3. The lowest BCUT2D eigenvalue weighted by Gasteiger charge is -2.33. The summed E-state index contributed by atoms with van der Waals surface area (Å²) in [6.45, 7) is 1.59. The lowest BCUT2D eigenvalue weighted by molar-refractivity contribution is -0.136. The molecule has 6 nitrogen and oxygen atoms in total. The number of halogens is 2. The zero-order chi connectivity index (χ0) is 19.6. The van der Waals surface area contributed by atoms with Crippen molar-refractivity contribution in [2.24, 2.45) is 11.8 Å². The molecule has 0 spiro atoms. The largest absolute Gasteiger partial charge is 0.322 e. The van der Waals surface area contributed by atoms with Crippen molar-refractivity contribution in [1.29, 1.82) is 0 Å². The normalized spacial score (nSPS) is 31.9. The van der Waals surface area contributed by atoms with Gasteiger partial charge in [-0.15, -0.1) is 0 Å². The molecular weight excluding hydrogens is 368 g/mol. The van der Waals surface area contributed by atoms with E-state index < -0.39 is 29.5 Å². The average Bonchev–Trinajstić information content (AvgIpc) is 3.08. The van der Waals surface area contributed by atoms with Crippen molar-refractivity contribution in [2.45, 2.75) is 44.2 Å². The van der Waals surface area contributed by atoms with Crippen molar-refractivity contribution >= 4 is 17.7 Å². The SMILES string of the molecule is O=C1CCC(N2Cc3c(c(F)cc(F)c3C3[C@@H]4CC[C@H]3CNC4)C2=O)C(=O)N1. The molecule has 3 heterocycles. The summed E-state index contributed by atoms with van der Waals surface area (Å²) in [5, 5.41) is 5.60. The van der Waals surface area contributed by atoms with E-state index in [0.717, 1.165) is 32.0 Å². The van der Waals surface area contributed by atoms with Gasteiger partial charge in [-0.2, -0.15) is 0 Å². The topological polar surface area (TPSA) is 78.5 Å². The standard InChI is InChI=1S/C20H21F2N3O3/c21-12-5-13(22)18-11(17(12)16-9-1-2-10(16)7-23-6-9)8-25(20(18)28)14-3-4-15(26)24-19(14)27/h5,9-10,14,16,23H,1-4,6-8H2,(H,24,26,27)/t9-,10+,14?,16?. The number of benzene rings is 1. The van der Waals surface area contributed by atoms with Crippen LogP contribution >= 0.6 is 0 Å². The van der Waals surface area contributed by atoms with Gasteiger partial charge >= 0.3 is 0 Å². The Morgan fingerprint density at radius 3 is 2.39 bits per heavy atom. The maximum Gasteiger partial charge on any atom is 0.258 e. The van der Waals surface area contributed by atoms with Gasteiger partial charge in [0.15, 0.2) is 0 Å². The number of imide groups is 1. The minimum atomic E-state index is -0.877. The van der Waals surface area contributed by atoms with Crippen molar-refractivity contribution in [1.82, 2.24) is 15.5 Å². The van der Waals surface area contributed by atoms with E-state index in [1.54, 1.807) is 0 Å². The number of hydrogen-bond acceptors (Lipinski definition) is 4. The summed E-state index contributed by atoms with van der Waals surface area (Å²) < 4.78 is 29.6. The molecule has 4 atom stereocenters. The van der Waals surface area contributed by atoms with Crippen LogP contribution in [-0.2, 0) is 16.1 Å². The third kappa shape index (κ3) is 2.50. The molecule has 5 rings (SSSR count). The Morgan fingerprint density at radius 2 is 1.71 bits per heavy atom. The molecule has 2 N–H and O–H groups in total. The Bertz CT molecular complexity index is 887. The smallest absolute Gasteiger partial charge is 0.258 e. The number of nitrogens with zero attached hydrogens (tertiary/aromatic N) is 1. The molecule has 3 amide bonds. The second kappa shape index (κ2) is 6.34. The van der Waals surface area contributed by atoms with Crippen LogP contribution in [0.4, 0.5) is 8.78 Å². The number of piperidine rings is 2. The van der Waals surface area contributed by atoms with Crippen molar-refractivity contribution in [3.05, 3.63) is 34.4 Å². The molecule has 2 saturated heterocycles. The summed E-state index contributed by atoms with van der Waals surface area (Å²) in [4.78, 5) is 37.9. The molecule has 1 aliphatic carbocycles. The fraction of sp³-hybridized carbons (Fsp3) is 0.550. The molecule has 1 saturated carbocycles. The van der Waals surface area contributed by atoms with E-state index in [1.807, 2.05) is 0 Å². The number of nitrogens with one attached hydrogen (secondary N) is 2. The summed E-state index contributed by atoms with van der Waals surface area (Å²) in [5.41, 5.74) is 0.726. The quantitative estimate of drug-likeness (QED) is 0.751. The fourth-order valence-corrected chi connectivity index (χ4v) is 5.61. The van der Waals surface area contributed by atoms with Crippen molar-refractivity contribution in [3.8, 4) is 0 Å². The molecular formula is C20H21F2N3O3. The molecule has 3 aliphatic heterocycles. The van der Waals surface area contributed by atoms with Crippen molar-refractivity contribution < 1.29 is 23.2 Å². The number of rotatable bonds is 2. The number of amides is 3. The third-order valence-electron chi connectivity index (χ3n) is 6.84. The predicted octanol–water partition coefficient (Wildman–Crippen LogP) is 1.44. The van der Waals surface area contributed by atoms with Gasteiger partial charge in [-0.05, 0) is 61.2 Å². The van der Waals surface area contributed by atoms with Gasteiger partial charge in [-0.1, -0.05) is 0 Å². The highest BCUT2D eigenvalue weighted by Gasteiger charge is 2.47. The predicted molar refractivity (Wildman–Crippen MR) is 94.2 cm³/mol. The first-order chi connectivity index (χ1) is 13.5. The highest BCUT2D eigenvalue weighted by Crippen LogP contribution is 2.49. The molecule has 3 fully saturated rings. The highest BCUT2D eigenvalue weighted by atomic mass is 19.1. The van der Waals surface area contributed by atoms with Crippen molar-refractivity contribution in [3.63, 3.8) is 0 Å². The second-order valence-corrected chi connectivity index (χ2v) is 8.29. The zero-order valence-electron chi connectivity index (χ0n) is 15.3. The van der Waals surface area contributed by atoms with E-state index in [-0.39, 0.29) is 48.6 Å². The van der Waals surface area contributed by atoms with Crippen LogP contribution in [0.3, 0.4) is 0 Å². The molecule has 28 heavy (non-hydrogen) atoms. The lowest BCUT2D eigenvalue weighted by Crippen LogP contribution is -2.52. The number of fused-ring (bicyclic) bond motifs is 3. The maximum absolute atomic E-state index is 15.0. The first kappa shape index (κ1) is 17.7. The van der Waals surface area contributed by atoms with Crippen LogP contribution in [0, 0.1) is 23.5 Å². The summed E-state index contributed by atoms with van der Waals surface area (Å²) >= 11 is 0. The second-order valence-electron chi connectivity index (χ2n) is 8.29. The summed E-state index contributed by atoms with van der Waals surface area (Å²) in [6.07, 6.45) is 2.29. The van der Waals surface area contributed by atoms with Crippen molar-refractivity contribution in [2.75, 3.05) is 13.1 Å². The van der Waals surface area contributed by atoms with E-state index in [1.165, 1.54) is 4.90 Å². The van der Waals surface area contributed by atoms with Crippen LogP contribution in [0.15, 0.2) is 6.07 Å². The summed E-state index contributed by atoms with van der Waals surface area (Å²) in [6, 6.07) is -0.0146. The Kier molecular flexibility index (Phi) is 4.01. The van der Waals surface area contributed by atoms with E-state index >= 15 is 0 Å². The van der Waals surface area contributed by atoms with Gasteiger partial charge in [0.25, 0.3) is 5.91 Å². The van der Waals surface area contributed by atoms with Gasteiger partial charge in [0.05, 0.1) is 5.56 Å². The molecule has 0 radical (unpaired) electrons. The van der Waals surface area contributed by atoms with E-state index in [4.69, 9.17) is 0 Å². The van der Waals surface area contributed by atoms with E-state index in [0.29, 0.717) is 11.1 Å². The zero-order valence-corrected chi connectivity index (χ0v) is 15.3. The van der Waals surface area contributed by atoms with Crippen LogP contribution in [-0.4, -0.2) is 41.8 Å². The van der Waals surface area contributed by atoms with Crippen LogP contribution in [0.25, 0.3) is 0 Å². The summed E-state index contributed by atoms with van der Waals surface area (Å²) in [7, 11) is 0. The fourth-order valence-electron chi connectivity index (χ4n) is 5.61. The molecule has 1 aromatic carbocycles. The average molecular weight is 389 g/mol. The molecule has 148 valence electrons. The first-order valence-corrected chi connectivity index (χ1v) is 9.82. The molecule has 0 aromatic heterocycles. The maximum atomic E-state index is 15.0. The van der Waals surface area contributed by atoms with Gasteiger partial charge in [0, 0.05) is 19.0 Å². The summed E-state index contributed by atoms with van der Waals surface area (Å²) in [5.74, 6) is -2.51. The number of carbonyl (C=O) groups excluding carboxylic acids is 3. The van der Waals surface area contributed by atoms with Gasteiger partial charge in [-0.25, -0.2) is 8.78 Å². The molecule has 2 bridgehead atoms. The Morgan fingerprint density at radius 1 is 1.00 bits per heavy atom. The minimum absolute atomic E-state index is 0.00776. The molecule has 2 unspecified atom stereocenters. The van der Waals surface area contributed by atoms with Crippen LogP contribution in [0.5, 0.6) is 0 Å². The van der Waals surface area contributed by atoms with E-state index in [2.05, 4.69) is 10.6 Å². The van der Waals surface area contributed by atoms with Crippen LogP contribution < -0.4 is 10.6 Å². The van der Waals surface area contributed by atoms with Gasteiger partial charge in [-0.3, -0.25) is 19.7 Å². The highest BCUT2D eigenvalue weighted by molar-refractivity contribution is 6.05. The van der Waals surface area contributed by atoms with Crippen LogP contribution in [0.1, 0.15) is 53.1 Å². The monoisotopic (exact) mass is 389 g/mol. The molecule has 4 aliphatic rings. The minimum Gasteiger partial charge on any atom is -0.322 e. The lowest BCUT2D eigenvalue weighted by atomic mass is 9.78. The van der Waals surface area contributed by atoms with E-state index in [9.17, 15) is 23.2 Å². The Labute approximate surface area is 160 Å². The van der Waals surface area contributed by atoms with Gasteiger partial charge < -0.3 is 10.2 Å². The molecule has 1 aromatic rings. The first-order valence-electron chi connectivity index (χ1n) is 9.82.